The van der Waals surface area contributed by atoms with E-state index in [1.54, 1.807) is 0 Å². The van der Waals surface area contributed by atoms with Gasteiger partial charge < -0.3 is 0 Å². The Bertz CT molecular complexity index is 406. The van der Waals surface area contributed by atoms with Gasteiger partial charge in [0.25, 0.3) is 0 Å². The van der Waals surface area contributed by atoms with E-state index in [1.165, 1.54) is 5.56 Å². The van der Waals surface area contributed by atoms with Gasteiger partial charge in [0.05, 0.1) is 15.7 Å². The van der Waals surface area contributed by atoms with E-state index in [0.29, 0.717) is 5.92 Å². The van der Waals surface area contributed by atoms with E-state index in [0.717, 1.165) is 17.3 Å². The Morgan fingerprint density at radius 1 is 1.47 bits per heavy atom. The molecular formula is C13H20BrNOS. The predicted octanol–water partition coefficient (Wildman–Crippen LogP) is 3.73. The van der Waals surface area contributed by atoms with Crippen LogP contribution < -0.4 is 5.14 Å². The topological polar surface area (TPSA) is 43.1 Å². The molecule has 1 unspecified atom stereocenters. The van der Waals surface area contributed by atoms with Crippen molar-refractivity contribution in [3.8, 4) is 0 Å². The zero-order valence-corrected chi connectivity index (χ0v) is 13.0. The van der Waals surface area contributed by atoms with Gasteiger partial charge in [0.2, 0.25) is 0 Å². The highest BCUT2D eigenvalue weighted by Crippen LogP contribution is 2.32. The van der Waals surface area contributed by atoms with E-state index in [4.69, 9.17) is 5.14 Å². The van der Waals surface area contributed by atoms with Crippen molar-refractivity contribution in [1.29, 1.82) is 0 Å². The van der Waals surface area contributed by atoms with Crippen LogP contribution in [0.15, 0.2) is 28.7 Å². The number of benzene rings is 1. The summed E-state index contributed by atoms with van der Waals surface area (Å²) in [4.78, 5) is 0. The molecule has 0 aliphatic carbocycles. The Kier molecular flexibility index (Phi) is 5.35. The minimum absolute atomic E-state index is 0.344. The average molecular weight is 318 g/mol. The Balaban J connectivity index is 2.90. The van der Waals surface area contributed by atoms with Gasteiger partial charge in [0.1, 0.15) is 0 Å². The van der Waals surface area contributed by atoms with Crippen molar-refractivity contribution >= 4 is 26.9 Å². The molecule has 0 radical (unpaired) electrons. The molecule has 1 rings (SSSR count). The fraction of sp³-hybridized carbons (Fsp3) is 0.538. The van der Waals surface area contributed by atoms with Crippen LogP contribution >= 0.6 is 15.9 Å². The van der Waals surface area contributed by atoms with E-state index in [1.807, 2.05) is 26.0 Å². The molecule has 0 aromatic heterocycles. The molecule has 0 aliphatic heterocycles. The van der Waals surface area contributed by atoms with Crippen molar-refractivity contribution in [1.82, 2.24) is 0 Å². The van der Waals surface area contributed by atoms with Crippen molar-refractivity contribution in [2.75, 3.05) is 0 Å². The summed E-state index contributed by atoms with van der Waals surface area (Å²) in [6.07, 6.45) is 1.86. The fourth-order valence-electron chi connectivity index (χ4n) is 1.93. The molecule has 1 aromatic carbocycles. The van der Waals surface area contributed by atoms with Crippen molar-refractivity contribution in [3.05, 3.63) is 34.3 Å². The molecular weight excluding hydrogens is 298 g/mol. The van der Waals surface area contributed by atoms with Crippen LogP contribution in [0.4, 0.5) is 0 Å². The zero-order valence-electron chi connectivity index (χ0n) is 10.6. The smallest absolute Gasteiger partial charge is 0.0945 e. The molecule has 2 nitrogen and oxygen atoms in total. The Morgan fingerprint density at radius 3 is 2.59 bits per heavy atom. The van der Waals surface area contributed by atoms with Gasteiger partial charge in [-0.1, -0.05) is 35.0 Å². The maximum Gasteiger partial charge on any atom is 0.0945 e. The first-order chi connectivity index (χ1) is 7.86. The highest BCUT2D eigenvalue weighted by atomic mass is 79.9. The summed E-state index contributed by atoms with van der Waals surface area (Å²) in [5.41, 5.74) is 1.28. The molecule has 2 atom stereocenters. The summed E-state index contributed by atoms with van der Waals surface area (Å²) in [6.45, 7) is 6.08. The Labute approximate surface area is 115 Å². The lowest BCUT2D eigenvalue weighted by Gasteiger charge is -2.27. The third kappa shape index (κ3) is 4.19. The largest absolute Gasteiger partial charge is 0.251 e. The first-order valence-corrected chi connectivity index (χ1v) is 7.79. The second-order valence-corrected chi connectivity index (χ2v) is 7.54. The van der Waals surface area contributed by atoms with Crippen LogP contribution in [0.3, 0.4) is 0 Å². The molecule has 0 fully saturated rings. The molecule has 0 spiro atoms. The molecule has 0 amide bonds. The maximum absolute atomic E-state index is 11.5. The lowest BCUT2D eigenvalue weighted by atomic mass is 9.88. The lowest BCUT2D eigenvalue weighted by molar-refractivity contribution is 0.507. The third-order valence-electron chi connectivity index (χ3n) is 3.10. The monoisotopic (exact) mass is 317 g/mol. The quantitative estimate of drug-likeness (QED) is 0.883. The fourth-order valence-corrected chi connectivity index (χ4v) is 2.72. The zero-order chi connectivity index (χ0) is 13.1. The van der Waals surface area contributed by atoms with Crippen LogP contribution in [-0.4, -0.2) is 8.96 Å². The Morgan fingerprint density at radius 2 is 2.12 bits per heavy atom. The standard InChI is InChI=1S/C13H20BrNOS/c1-4-10(9-13(2,3)17(15)16)11-6-5-7-12(14)8-11/h5-8,10H,4,9,15H2,1-3H3/t10-,17?/m0/s1. The van der Waals surface area contributed by atoms with Crippen LogP contribution in [0.1, 0.15) is 45.1 Å². The van der Waals surface area contributed by atoms with Crippen LogP contribution in [0, 0.1) is 0 Å². The first kappa shape index (κ1) is 14.9. The molecule has 17 heavy (non-hydrogen) atoms. The number of halogens is 1. The summed E-state index contributed by atoms with van der Waals surface area (Å²) < 4.78 is 12.2. The van der Waals surface area contributed by atoms with Gasteiger partial charge in [-0.2, -0.15) is 0 Å². The highest BCUT2D eigenvalue weighted by molar-refractivity contribution is 9.10. The summed E-state index contributed by atoms with van der Waals surface area (Å²) in [7, 11) is -1.29. The summed E-state index contributed by atoms with van der Waals surface area (Å²) in [5, 5.41) is 5.54. The molecule has 1 aromatic rings. The van der Waals surface area contributed by atoms with Gasteiger partial charge in [0, 0.05) is 4.47 Å². The molecule has 0 bridgehead atoms. The number of hydrogen-bond donors (Lipinski definition) is 1. The van der Waals surface area contributed by atoms with E-state index in [2.05, 4.69) is 35.0 Å². The van der Waals surface area contributed by atoms with Gasteiger partial charge in [-0.15, -0.1) is 0 Å². The maximum atomic E-state index is 11.5. The van der Waals surface area contributed by atoms with Crippen molar-refractivity contribution in [3.63, 3.8) is 0 Å². The minimum atomic E-state index is -1.29. The third-order valence-corrected chi connectivity index (χ3v) is 4.84. The van der Waals surface area contributed by atoms with Crippen molar-refractivity contribution < 1.29 is 4.21 Å². The lowest BCUT2D eigenvalue weighted by Crippen LogP contribution is -2.33. The predicted molar refractivity (Wildman–Crippen MR) is 78.2 cm³/mol. The van der Waals surface area contributed by atoms with Crippen molar-refractivity contribution in [2.24, 2.45) is 5.14 Å². The second kappa shape index (κ2) is 6.12. The summed E-state index contributed by atoms with van der Waals surface area (Å²) >= 11 is 3.48. The van der Waals surface area contributed by atoms with E-state index in [-0.39, 0.29) is 4.75 Å². The molecule has 0 saturated carbocycles. The number of nitrogens with two attached hydrogens (primary N) is 1. The summed E-state index contributed by atoms with van der Waals surface area (Å²) in [5.74, 6) is 0.398. The second-order valence-electron chi connectivity index (χ2n) is 4.92. The van der Waals surface area contributed by atoms with Crippen LogP contribution in [-0.2, 0) is 11.0 Å². The van der Waals surface area contributed by atoms with E-state index >= 15 is 0 Å². The average Bonchev–Trinajstić information content (AvgIpc) is 2.25. The minimum Gasteiger partial charge on any atom is -0.251 e. The van der Waals surface area contributed by atoms with Crippen LogP contribution in [0.5, 0.6) is 0 Å². The highest BCUT2D eigenvalue weighted by Gasteiger charge is 2.27. The first-order valence-electron chi connectivity index (χ1n) is 5.78. The van der Waals surface area contributed by atoms with Gasteiger partial charge in [-0.25, -0.2) is 4.21 Å². The van der Waals surface area contributed by atoms with Crippen molar-refractivity contribution in [2.45, 2.75) is 44.3 Å². The van der Waals surface area contributed by atoms with E-state index in [9.17, 15) is 4.21 Å². The van der Waals surface area contributed by atoms with Crippen LogP contribution in [0.2, 0.25) is 0 Å². The van der Waals surface area contributed by atoms with Gasteiger partial charge in [-0.05, 0) is 50.3 Å². The molecule has 0 heterocycles. The van der Waals surface area contributed by atoms with Gasteiger partial charge in [0.15, 0.2) is 0 Å². The Hall–Kier alpha value is -0.190. The van der Waals surface area contributed by atoms with Gasteiger partial charge in [-0.3, -0.25) is 5.14 Å². The molecule has 0 aliphatic rings. The normalized spacial score (nSPS) is 15.6. The van der Waals surface area contributed by atoms with Gasteiger partial charge >= 0.3 is 0 Å². The molecule has 4 heteroatoms. The van der Waals surface area contributed by atoms with Crippen LogP contribution in [0.25, 0.3) is 0 Å². The van der Waals surface area contributed by atoms with E-state index < -0.39 is 11.0 Å². The summed E-state index contributed by atoms with van der Waals surface area (Å²) in [6, 6.07) is 8.30. The molecule has 96 valence electrons. The SMILES string of the molecule is CC[C@@H](CC(C)(C)S(N)=O)c1cccc(Br)c1. The molecule has 0 saturated heterocycles. The number of hydrogen-bond acceptors (Lipinski definition) is 1. The molecule has 2 N–H and O–H groups in total. The number of rotatable bonds is 5.